The molecule has 7 heteroatoms. The summed E-state index contributed by atoms with van der Waals surface area (Å²) in [6.45, 7) is 7.69. The van der Waals surface area contributed by atoms with E-state index in [2.05, 4.69) is 19.8 Å². The number of aryl methyl sites for hydroxylation is 2. The quantitative estimate of drug-likeness (QED) is 0.629. The number of fused-ring (bicyclic) bond motifs is 1. The number of aromatic nitrogens is 4. The predicted molar refractivity (Wildman–Crippen MR) is 72.3 cm³/mol. The molecule has 2 aromatic rings. The van der Waals surface area contributed by atoms with Crippen molar-refractivity contribution in [2.45, 2.75) is 38.1 Å². The van der Waals surface area contributed by atoms with E-state index in [9.17, 15) is 4.79 Å². The lowest BCUT2D eigenvalue weighted by atomic mass is 10.2. The van der Waals surface area contributed by atoms with Crippen LogP contribution in [0.1, 0.15) is 23.9 Å². The van der Waals surface area contributed by atoms with E-state index >= 15 is 0 Å². The van der Waals surface area contributed by atoms with E-state index in [4.69, 9.17) is 0 Å². The second kappa shape index (κ2) is 5.16. The molecule has 0 aromatic carbocycles. The number of ether oxygens (including phenoxy) is 1. The van der Waals surface area contributed by atoms with Gasteiger partial charge in [-0.05, 0) is 33.3 Å². The van der Waals surface area contributed by atoms with Crippen LogP contribution in [0.25, 0.3) is 5.78 Å². The standard InChI is InChI=1S/C12H16N4O2S/c1-6-7(2)13-11-14-12(15-16(11)8(6)3)19-9(4)10(17)18-5/h9H,1-5H3. The summed E-state index contributed by atoms with van der Waals surface area (Å²) in [4.78, 5) is 20.1. The molecule has 0 fully saturated rings. The van der Waals surface area contributed by atoms with Crippen LogP contribution >= 0.6 is 11.8 Å². The number of esters is 1. The van der Waals surface area contributed by atoms with E-state index in [1.807, 2.05) is 20.8 Å². The van der Waals surface area contributed by atoms with Crippen LogP contribution in [0.15, 0.2) is 5.16 Å². The third-order valence-corrected chi connectivity index (χ3v) is 3.99. The Labute approximate surface area is 115 Å². The highest BCUT2D eigenvalue weighted by Crippen LogP contribution is 2.22. The van der Waals surface area contributed by atoms with Crippen molar-refractivity contribution in [2.75, 3.05) is 7.11 Å². The summed E-state index contributed by atoms with van der Waals surface area (Å²) in [5.41, 5.74) is 3.04. The van der Waals surface area contributed by atoms with Gasteiger partial charge in [0.15, 0.2) is 0 Å². The molecule has 6 nitrogen and oxygen atoms in total. The monoisotopic (exact) mass is 280 g/mol. The predicted octanol–water partition coefficient (Wildman–Crippen LogP) is 1.70. The van der Waals surface area contributed by atoms with E-state index in [1.165, 1.54) is 18.9 Å². The summed E-state index contributed by atoms with van der Waals surface area (Å²) in [6.07, 6.45) is 0. The van der Waals surface area contributed by atoms with Crippen LogP contribution in [0.4, 0.5) is 0 Å². The lowest BCUT2D eigenvalue weighted by Crippen LogP contribution is -2.14. The lowest BCUT2D eigenvalue weighted by Gasteiger charge is -2.05. The Morgan fingerprint density at radius 1 is 1.32 bits per heavy atom. The zero-order chi connectivity index (χ0) is 14.2. The fraction of sp³-hybridized carbons (Fsp3) is 0.500. The van der Waals surface area contributed by atoms with Crippen LogP contribution in [0.5, 0.6) is 0 Å². The van der Waals surface area contributed by atoms with Crippen LogP contribution in [0.3, 0.4) is 0 Å². The van der Waals surface area contributed by atoms with Crippen LogP contribution in [0.2, 0.25) is 0 Å². The van der Waals surface area contributed by atoms with Gasteiger partial charge in [0.1, 0.15) is 5.25 Å². The van der Waals surface area contributed by atoms with Gasteiger partial charge in [0.05, 0.1) is 7.11 Å². The highest BCUT2D eigenvalue weighted by atomic mass is 32.2. The van der Waals surface area contributed by atoms with Crippen molar-refractivity contribution in [1.82, 2.24) is 19.6 Å². The number of carbonyl (C=O) groups is 1. The maximum Gasteiger partial charge on any atom is 0.318 e. The van der Waals surface area contributed by atoms with Crippen molar-refractivity contribution >= 4 is 23.5 Å². The number of nitrogens with zero attached hydrogens (tertiary/aromatic N) is 4. The molecule has 0 aliphatic heterocycles. The lowest BCUT2D eigenvalue weighted by molar-refractivity contribution is -0.139. The molecule has 1 unspecified atom stereocenters. The smallest absolute Gasteiger partial charge is 0.318 e. The Morgan fingerprint density at radius 2 is 2.00 bits per heavy atom. The third kappa shape index (κ3) is 2.56. The van der Waals surface area contributed by atoms with Crippen molar-refractivity contribution in [2.24, 2.45) is 0 Å². The zero-order valence-corrected chi connectivity index (χ0v) is 12.4. The second-order valence-corrected chi connectivity index (χ2v) is 5.61. The molecular formula is C12H16N4O2S. The zero-order valence-electron chi connectivity index (χ0n) is 11.6. The van der Waals surface area contributed by atoms with Crippen molar-refractivity contribution in [3.05, 3.63) is 17.0 Å². The van der Waals surface area contributed by atoms with Crippen molar-refractivity contribution < 1.29 is 9.53 Å². The SMILES string of the molecule is COC(=O)C(C)Sc1nc2nc(C)c(C)c(C)n2n1. The van der Waals surface area contributed by atoms with E-state index in [-0.39, 0.29) is 11.2 Å². The minimum atomic E-state index is -0.343. The fourth-order valence-corrected chi connectivity index (χ4v) is 2.43. The summed E-state index contributed by atoms with van der Waals surface area (Å²) in [5.74, 6) is 0.265. The van der Waals surface area contributed by atoms with Gasteiger partial charge < -0.3 is 4.74 Å². The average Bonchev–Trinajstić information content (AvgIpc) is 2.77. The molecule has 102 valence electrons. The Hall–Kier alpha value is -1.63. The first kappa shape index (κ1) is 13.8. The Balaban J connectivity index is 2.37. The molecular weight excluding hydrogens is 264 g/mol. The topological polar surface area (TPSA) is 69.4 Å². The number of rotatable bonds is 3. The maximum absolute atomic E-state index is 11.4. The molecule has 0 spiro atoms. The molecule has 2 aromatic heterocycles. The molecule has 0 saturated carbocycles. The summed E-state index contributed by atoms with van der Waals surface area (Å²) in [5, 5.41) is 4.55. The fourth-order valence-electron chi connectivity index (χ4n) is 1.66. The first-order chi connectivity index (χ1) is 8.93. The van der Waals surface area contributed by atoms with E-state index in [1.54, 1.807) is 11.4 Å². The maximum atomic E-state index is 11.4. The number of thioether (sulfide) groups is 1. The number of methoxy groups -OCH3 is 1. The normalized spacial score (nSPS) is 12.7. The highest BCUT2D eigenvalue weighted by molar-refractivity contribution is 8.00. The second-order valence-electron chi connectivity index (χ2n) is 4.30. The average molecular weight is 280 g/mol. The molecule has 1 atom stereocenters. The number of hydrogen-bond donors (Lipinski definition) is 0. The molecule has 0 radical (unpaired) electrons. The van der Waals surface area contributed by atoms with Crippen molar-refractivity contribution in [1.29, 1.82) is 0 Å². The molecule has 0 N–H and O–H groups in total. The Kier molecular flexibility index (Phi) is 3.75. The van der Waals surface area contributed by atoms with Crippen LogP contribution < -0.4 is 0 Å². The summed E-state index contributed by atoms with van der Waals surface area (Å²) < 4.78 is 6.39. The number of carbonyl (C=O) groups excluding carboxylic acids is 1. The third-order valence-electron chi connectivity index (χ3n) is 3.06. The summed E-state index contributed by atoms with van der Waals surface area (Å²) >= 11 is 1.26. The largest absolute Gasteiger partial charge is 0.468 e. The molecule has 0 bridgehead atoms. The van der Waals surface area contributed by atoms with Gasteiger partial charge in [-0.2, -0.15) is 4.98 Å². The van der Waals surface area contributed by atoms with Crippen LogP contribution in [-0.4, -0.2) is 37.9 Å². The molecule has 0 aliphatic rings. The van der Waals surface area contributed by atoms with Crippen molar-refractivity contribution in [3.8, 4) is 0 Å². The minimum Gasteiger partial charge on any atom is -0.468 e. The van der Waals surface area contributed by atoms with E-state index in [0.29, 0.717) is 10.9 Å². The summed E-state index contributed by atoms with van der Waals surface area (Å²) in [6, 6.07) is 0. The van der Waals surface area contributed by atoms with Gasteiger partial charge in [-0.1, -0.05) is 11.8 Å². The first-order valence-corrected chi connectivity index (χ1v) is 6.77. The molecule has 2 heterocycles. The van der Waals surface area contributed by atoms with Gasteiger partial charge >= 0.3 is 5.97 Å². The van der Waals surface area contributed by atoms with E-state index in [0.717, 1.165) is 17.0 Å². The van der Waals surface area contributed by atoms with Crippen molar-refractivity contribution in [3.63, 3.8) is 0 Å². The van der Waals surface area contributed by atoms with Gasteiger partial charge in [-0.25, -0.2) is 9.50 Å². The molecule has 0 amide bonds. The van der Waals surface area contributed by atoms with Gasteiger partial charge in [-0.15, -0.1) is 5.10 Å². The molecule has 0 saturated heterocycles. The summed E-state index contributed by atoms with van der Waals surface area (Å²) in [7, 11) is 1.37. The first-order valence-electron chi connectivity index (χ1n) is 5.89. The van der Waals surface area contributed by atoms with Gasteiger partial charge in [0.25, 0.3) is 5.78 Å². The van der Waals surface area contributed by atoms with Gasteiger partial charge in [-0.3, -0.25) is 4.79 Å². The molecule has 0 aliphatic carbocycles. The Morgan fingerprint density at radius 3 is 2.63 bits per heavy atom. The van der Waals surface area contributed by atoms with Gasteiger partial charge in [0.2, 0.25) is 5.16 Å². The highest BCUT2D eigenvalue weighted by Gasteiger charge is 2.18. The van der Waals surface area contributed by atoms with E-state index < -0.39 is 0 Å². The Bertz CT molecular complexity index is 638. The van der Waals surface area contributed by atoms with Crippen LogP contribution in [-0.2, 0) is 9.53 Å². The van der Waals surface area contributed by atoms with Crippen LogP contribution in [0, 0.1) is 20.8 Å². The molecule has 2 rings (SSSR count). The molecule has 19 heavy (non-hydrogen) atoms. The number of hydrogen-bond acceptors (Lipinski definition) is 6. The van der Waals surface area contributed by atoms with Gasteiger partial charge in [0, 0.05) is 11.4 Å². The minimum absolute atomic E-state index is 0.291.